The van der Waals surface area contributed by atoms with Gasteiger partial charge in [0.2, 0.25) is 5.91 Å². The quantitative estimate of drug-likeness (QED) is 0.853. The topological polar surface area (TPSA) is 74.3 Å². The number of anilines is 1. The zero-order chi connectivity index (χ0) is 19.2. The third-order valence-electron chi connectivity index (χ3n) is 4.83. The number of amides is 2. The minimum atomic E-state index is -0.168. The van der Waals surface area contributed by atoms with Gasteiger partial charge in [-0.15, -0.1) is 0 Å². The summed E-state index contributed by atoms with van der Waals surface area (Å²) in [7, 11) is 0. The highest BCUT2D eigenvalue weighted by molar-refractivity contribution is 6.03. The molecule has 142 valence electrons. The molecule has 0 aliphatic carbocycles. The molecule has 2 amide bonds. The Morgan fingerprint density at radius 2 is 2.11 bits per heavy atom. The Labute approximate surface area is 160 Å². The van der Waals surface area contributed by atoms with Crippen LogP contribution in [0.25, 0.3) is 0 Å². The van der Waals surface area contributed by atoms with Crippen LogP contribution in [0.5, 0.6) is 0 Å². The van der Waals surface area contributed by atoms with Crippen molar-refractivity contribution in [3.05, 3.63) is 59.3 Å². The lowest BCUT2D eigenvalue weighted by molar-refractivity contribution is -0.120. The van der Waals surface area contributed by atoms with Crippen LogP contribution in [0, 0.1) is 0 Å². The van der Waals surface area contributed by atoms with Crippen molar-refractivity contribution in [2.75, 3.05) is 18.4 Å². The lowest BCUT2D eigenvalue weighted by atomic mass is 10.1. The Kier molecular flexibility index (Phi) is 6.19. The summed E-state index contributed by atoms with van der Waals surface area (Å²) in [6, 6.07) is 13.5. The minimum absolute atomic E-state index is 0.0966. The molecule has 1 aromatic heterocycles. The van der Waals surface area contributed by atoms with Gasteiger partial charge in [0.25, 0.3) is 5.91 Å². The highest BCUT2D eigenvalue weighted by atomic mass is 16.2. The molecule has 6 nitrogen and oxygen atoms in total. The number of pyridine rings is 1. The standard InChI is InChI=1S/C21H26N4O2/c1-3-18-8-5-9-19(23-18)24-21(27)17-7-4-6-16(12-17)14-25-11-10-20(26)22-13-15(25)2/h4-9,12,15H,3,10-11,13-14H2,1-2H3,(H,22,26)(H,23,24,27)/t15-/m1/s1. The van der Waals surface area contributed by atoms with E-state index in [4.69, 9.17) is 0 Å². The van der Waals surface area contributed by atoms with Gasteiger partial charge in [0.1, 0.15) is 5.82 Å². The first-order chi connectivity index (χ1) is 13.0. The van der Waals surface area contributed by atoms with Crippen molar-refractivity contribution in [3.63, 3.8) is 0 Å². The van der Waals surface area contributed by atoms with Gasteiger partial charge in [-0.3, -0.25) is 14.5 Å². The van der Waals surface area contributed by atoms with Crippen LogP contribution in [0.3, 0.4) is 0 Å². The number of benzene rings is 1. The molecule has 27 heavy (non-hydrogen) atoms. The van der Waals surface area contributed by atoms with Crippen LogP contribution in [0.2, 0.25) is 0 Å². The van der Waals surface area contributed by atoms with E-state index in [2.05, 4.69) is 27.4 Å². The second-order valence-corrected chi connectivity index (χ2v) is 6.90. The third kappa shape index (κ3) is 5.14. The van der Waals surface area contributed by atoms with Crippen molar-refractivity contribution in [2.45, 2.75) is 39.3 Å². The maximum Gasteiger partial charge on any atom is 0.256 e. The number of carbonyl (C=O) groups excluding carboxylic acids is 2. The van der Waals surface area contributed by atoms with E-state index in [1.165, 1.54) is 0 Å². The van der Waals surface area contributed by atoms with Crippen LogP contribution in [0.4, 0.5) is 5.82 Å². The number of nitrogens with one attached hydrogen (secondary N) is 2. The number of aromatic nitrogens is 1. The smallest absolute Gasteiger partial charge is 0.256 e. The van der Waals surface area contributed by atoms with Gasteiger partial charge in [0.05, 0.1) is 0 Å². The summed E-state index contributed by atoms with van der Waals surface area (Å²) in [6.07, 6.45) is 1.33. The van der Waals surface area contributed by atoms with E-state index < -0.39 is 0 Å². The first-order valence-electron chi connectivity index (χ1n) is 9.42. The summed E-state index contributed by atoms with van der Waals surface area (Å²) >= 11 is 0. The Balaban J connectivity index is 1.69. The van der Waals surface area contributed by atoms with E-state index in [1.54, 1.807) is 12.1 Å². The molecule has 2 N–H and O–H groups in total. The van der Waals surface area contributed by atoms with E-state index in [1.807, 2.05) is 37.3 Å². The molecule has 1 saturated heterocycles. The zero-order valence-electron chi connectivity index (χ0n) is 15.9. The normalized spacial score (nSPS) is 17.9. The predicted octanol–water partition coefficient (Wildman–Crippen LogP) is 2.61. The molecular formula is C21H26N4O2. The number of carbonyl (C=O) groups is 2. The Morgan fingerprint density at radius 1 is 1.30 bits per heavy atom. The van der Waals surface area contributed by atoms with Gasteiger partial charge >= 0.3 is 0 Å². The van der Waals surface area contributed by atoms with E-state index in [9.17, 15) is 9.59 Å². The average Bonchev–Trinajstić information content (AvgIpc) is 2.84. The van der Waals surface area contributed by atoms with E-state index in [-0.39, 0.29) is 17.9 Å². The number of hydrogen-bond donors (Lipinski definition) is 2. The first-order valence-corrected chi connectivity index (χ1v) is 9.42. The molecule has 1 atom stereocenters. The fourth-order valence-electron chi connectivity index (χ4n) is 3.16. The molecular weight excluding hydrogens is 340 g/mol. The van der Waals surface area contributed by atoms with Gasteiger partial charge in [-0.05, 0) is 43.2 Å². The Morgan fingerprint density at radius 3 is 2.93 bits per heavy atom. The van der Waals surface area contributed by atoms with Gasteiger partial charge in [0, 0.05) is 43.4 Å². The maximum absolute atomic E-state index is 12.6. The van der Waals surface area contributed by atoms with Crippen molar-refractivity contribution in [1.82, 2.24) is 15.2 Å². The molecule has 0 radical (unpaired) electrons. The average molecular weight is 366 g/mol. The zero-order valence-corrected chi connectivity index (χ0v) is 15.9. The summed E-state index contributed by atoms with van der Waals surface area (Å²) in [6.45, 7) is 6.22. The van der Waals surface area contributed by atoms with Crippen molar-refractivity contribution in [1.29, 1.82) is 0 Å². The van der Waals surface area contributed by atoms with Gasteiger partial charge in [-0.1, -0.05) is 25.1 Å². The summed E-state index contributed by atoms with van der Waals surface area (Å²) in [5.74, 6) is 0.494. The van der Waals surface area contributed by atoms with Gasteiger partial charge in [0.15, 0.2) is 0 Å². The molecule has 1 aliphatic heterocycles. The summed E-state index contributed by atoms with van der Waals surface area (Å²) in [5.41, 5.74) is 2.60. The fraction of sp³-hybridized carbons (Fsp3) is 0.381. The monoisotopic (exact) mass is 366 g/mol. The molecule has 2 heterocycles. The summed E-state index contributed by atoms with van der Waals surface area (Å²) in [5, 5.41) is 5.79. The van der Waals surface area contributed by atoms with Gasteiger partial charge < -0.3 is 10.6 Å². The van der Waals surface area contributed by atoms with Crippen LogP contribution in [-0.2, 0) is 17.8 Å². The van der Waals surface area contributed by atoms with Crippen molar-refractivity contribution in [2.24, 2.45) is 0 Å². The van der Waals surface area contributed by atoms with Crippen LogP contribution in [0.15, 0.2) is 42.5 Å². The van der Waals surface area contributed by atoms with Crippen LogP contribution in [-0.4, -0.2) is 40.8 Å². The molecule has 1 aromatic carbocycles. The molecule has 0 bridgehead atoms. The molecule has 2 aromatic rings. The van der Waals surface area contributed by atoms with Gasteiger partial charge in [-0.2, -0.15) is 0 Å². The van der Waals surface area contributed by atoms with E-state index in [0.717, 1.165) is 24.2 Å². The number of nitrogens with zero attached hydrogens (tertiary/aromatic N) is 2. The Hall–Kier alpha value is -2.73. The lowest BCUT2D eigenvalue weighted by Gasteiger charge is -2.26. The van der Waals surface area contributed by atoms with Crippen LogP contribution < -0.4 is 10.6 Å². The number of rotatable bonds is 5. The van der Waals surface area contributed by atoms with E-state index in [0.29, 0.717) is 30.9 Å². The molecule has 0 saturated carbocycles. The van der Waals surface area contributed by atoms with Crippen LogP contribution in [0.1, 0.15) is 41.9 Å². The lowest BCUT2D eigenvalue weighted by Crippen LogP contribution is -2.37. The number of aryl methyl sites for hydroxylation is 1. The Bertz CT molecular complexity index is 821. The highest BCUT2D eigenvalue weighted by Gasteiger charge is 2.20. The van der Waals surface area contributed by atoms with Crippen molar-refractivity contribution >= 4 is 17.6 Å². The molecule has 1 aliphatic rings. The summed E-state index contributed by atoms with van der Waals surface area (Å²) < 4.78 is 0. The molecule has 0 unspecified atom stereocenters. The van der Waals surface area contributed by atoms with Crippen LogP contribution >= 0.6 is 0 Å². The van der Waals surface area contributed by atoms with Crippen molar-refractivity contribution in [3.8, 4) is 0 Å². The molecule has 3 rings (SSSR count). The SMILES string of the molecule is CCc1cccc(NC(=O)c2cccc(CN3CCC(=O)NC[C@H]3C)c2)n1. The second kappa shape index (κ2) is 8.77. The molecule has 1 fully saturated rings. The third-order valence-corrected chi connectivity index (χ3v) is 4.83. The van der Waals surface area contributed by atoms with Gasteiger partial charge in [-0.25, -0.2) is 4.98 Å². The molecule has 6 heteroatoms. The summed E-state index contributed by atoms with van der Waals surface area (Å²) in [4.78, 5) is 30.9. The molecule has 0 spiro atoms. The maximum atomic E-state index is 12.6. The largest absolute Gasteiger partial charge is 0.355 e. The minimum Gasteiger partial charge on any atom is -0.355 e. The van der Waals surface area contributed by atoms with Crippen molar-refractivity contribution < 1.29 is 9.59 Å². The number of hydrogen-bond acceptors (Lipinski definition) is 4. The first kappa shape index (κ1) is 19.0. The van der Waals surface area contributed by atoms with E-state index >= 15 is 0 Å². The predicted molar refractivity (Wildman–Crippen MR) is 106 cm³/mol. The second-order valence-electron chi connectivity index (χ2n) is 6.90. The highest BCUT2D eigenvalue weighted by Crippen LogP contribution is 2.14. The fourth-order valence-corrected chi connectivity index (χ4v) is 3.16.